The molecular weight excluding hydrogens is 352 g/mol. The average Bonchev–Trinajstić information content (AvgIpc) is 3.13. The first kappa shape index (κ1) is 19.2. The highest BCUT2D eigenvalue weighted by Crippen LogP contribution is 2.27. The molecule has 7 heteroatoms. The number of carbonyl (C=O) groups is 1. The molecule has 1 aliphatic carbocycles. The van der Waals surface area contributed by atoms with Crippen molar-refractivity contribution in [1.29, 1.82) is 0 Å². The minimum absolute atomic E-state index is 0.224. The number of aromatic amines is 1. The number of H-pyrrole nitrogens is 1. The Morgan fingerprint density at radius 1 is 1.29 bits per heavy atom. The molecule has 0 bridgehead atoms. The van der Waals surface area contributed by atoms with Gasteiger partial charge in [0.25, 0.3) is 0 Å². The van der Waals surface area contributed by atoms with Crippen LogP contribution in [0.15, 0.2) is 12.3 Å². The van der Waals surface area contributed by atoms with E-state index in [2.05, 4.69) is 39.4 Å². The van der Waals surface area contributed by atoms with Gasteiger partial charge in [-0.2, -0.15) is 5.10 Å². The largest absolute Gasteiger partial charge is 0.367 e. The van der Waals surface area contributed by atoms with Gasteiger partial charge in [0.1, 0.15) is 5.82 Å². The fraction of sp³-hybridized carbons (Fsp3) is 0.667. The molecule has 0 radical (unpaired) electrons. The summed E-state index contributed by atoms with van der Waals surface area (Å²) in [6.45, 7) is 4.75. The zero-order chi connectivity index (χ0) is 19.5. The van der Waals surface area contributed by atoms with E-state index < -0.39 is 0 Å². The van der Waals surface area contributed by atoms with Gasteiger partial charge in [-0.1, -0.05) is 19.3 Å². The molecule has 7 nitrogen and oxygen atoms in total. The van der Waals surface area contributed by atoms with Gasteiger partial charge in [-0.15, -0.1) is 0 Å². The van der Waals surface area contributed by atoms with Gasteiger partial charge >= 0.3 is 0 Å². The van der Waals surface area contributed by atoms with Gasteiger partial charge in [0.05, 0.1) is 16.6 Å². The van der Waals surface area contributed by atoms with Crippen LogP contribution in [0.4, 0.5) is 5.82 Å². The SMILES string of the molecule is CC1CN(C(=O)CCc2n[nH]c3ccnc(NC4CCCCC4)c23)CCN1C. The summed E-state index contributed by atoms with van der Waals surface area (Å²) in [5.74, 6) is 1.13. The number of nitrogens with one attached hydrogen (secondary N) is 2. The lowest BCUT2D eigenvalue weighted by Crippen LogP contribution is -2.52. The molecule has 1 aliphatic heterocycles. The summed E-state index contributed by atoms with van der Waals surface area (Å²) in [6.07, 6.45) is 9.26. The van der Waals surface area contributed by atoms with Crippen LogP contribution in [0.1, 0.15) is 51.1 Å². The molecule has 0 spiro atoms. The van der Waals surface area contributed by atoms with Gasteiger partial charge < -0.3 is 15.1 Å². The van der Waals surface area contributed by atoms with Crippen LogP contribution in [0.5, 0.6) is 0 Å². The van der Waals surface area contributed by atoms with Crippen molar-refractivity contribution in [3.63, 3.8) is 0 Å². The molecule has 1 unspecified atom stereocenters. The molecule has 1 saturated carbocycles. The molecule has 0 aromatic carbocycles. The maximum Gasteiger partial charge on any atom is 0.223 e. The van der Waals surface area contributed by atoms with Crippen molar-refractivity contribution in [2.75, 3.05) is 32.0 Å². The van der Waals surface area contributed by atoms with Crippen LogP contribution in [0, 0.1) is 0 Å². The first-order chi connectivity index (χ1) is 13.6. The Labute approximate surface area is 166 Å². The summed E-state index contributed by atoms with van der Waals surface area (Å²) in [7, 11) is 2.12. The quantitative estimate of drug-likeness (QED) is 0.829. The van der Waals surface area contributed by atoms with E-state index >= 15 is 0 Å². The van der Waals surface area contributed by atoms with Crippen LogP contribution in [0.3, 0.4) is 0 Å². The Hall–Kier alpha value is -2.15. The van der Waals surface area contributed by atoms with E-state index in [9.17, 15) is 4.79 Å². The second-order valence-electron chi connectivity index (χ2n) is 8.40. The number of aryl methyl sites for hydroxylation is 1. The van der Waals surface area contributed by atoms with Crippen LogP contribution in [-0.4, -0.2) is 69.7 Å². The molecule has 3 heterocycles. The number of fused-ring (bicyclic) bond motifs is 1. The molecular formula is C21H32N6O. The third-order valence-corrected chi connectivity index (χ3v) is 6.38. The van der Waals surface area contributed by atoms with E-state index in [0.29, 0.717) is 24.9 Å². The minimum atomic E-state index is 0.224. The minimum Gasteiger partial charge on any atom is -0.367 e. The lowest BCUT2D eigenvalue weighted by molar-refractivity contribution is -0.133. The Kier molecular flexibility index (Phi) is 5.80. The topological polar surface area (TPSA) is 77.1 Å². The molecule has 2 aliphatic rings. The predicted molar refractivity (Wildman–Crippen MR) is 111 cm³/mol. The van der Waals surface area contributed by atoms with Gasteiger partial charge in [0.15, 0.2) is 0 Å². The number of amides is 1. The van der Waals surface area contributed by atoms with Crippen LogP contribution in [0.25, 0.3) is 10.9 Å². The van der Waals surface area contributed by atoms with Gasteiger partial charge in [0, 0.05) is 50.8 Å². The number of rotatable bonds is 5. The Morgan fingerprint density at radius 2 is 2.11 bits per heavy atom. The maximum atomic E-state index is 12.7. The molecule has 2 aromatic rings. The number of likely N-dealkylation sites (N-methyl/N-ethyl adjacent to an activating group) is 1. The van der Waals surface area contributed by atoms with Crippen molar-refractivity contribution in [3.8, 4) is 0 Å². The summed E-state index contributed by atoms with van der Waals surface area (Å²) < 4.78 is 0. The predicted octanol–water partition coefficient (Wildman–Crippen LogP) is 2.80. The van der Waals surface area contributed by atoms with Crippen molar-refractivity contribution in [3.05, 3.63) is 18.0 Å². The smallest absolute Gasteiger partial charge is 0.223 e. The van der Waals surface area contributed by atoms with Crippen molar-refractivity contribution in [1.82, 2.24) is 25.0 Å². The maximum absolute atomic E-state index is 12.7. The van der Waals surface area contributed by atoms with Crippen molar-refractivity contribution < 1.29 is 4.79 Å². The summed E-state index contributed by atoms with van der Waals surface area (Å²) in [4.78, 5) is 21.6. The highest BCUT2D eigenvalue weighted by Gasteiger charge is 2.24. The van der Waals surface area contributed by atoms with Gasteiger partial charge in [-0.05, 0) is 32.9 Å². The molecule has 1 amide bonds. The first-order valence-corrected chi connectivity index (χ1v) is 10.7. The number of piperazine rings is 1. The van der Waals surface area contributed by atoms with E-state index in [-0.39, 0.29) is 5.91 Å². The van der Waals surface area contributed by atoms with Crippen molar-refractivity contribution in [2.24, 2.45) is 0 Å². The van der Waals surface area contributed by atoms with Gasteiger partial charge in [-0.3, -0.25) is 9.89 Å². The van der Waals surface area contributed by atoms with Crippen LogP contribution in [-0.2, 0) is 11.2 Å². The van der Waals surface area contributed by atoms with Crippen LogP contribution >= 0.6 is 0 Å². The second-order valence-corrected chi connectivity index (χ2v) is 8.40. The Bertz CT molecular complexity index is 812. The fourth-order valence-electron chi connectivity index (χ4n) is 4.42. The number of carbonyl (C=O) groups excluding carboxylic acids is 1. The zero-order valence-electron chi connectivity index (χ0n) is 17.1. The molecule has 1 saturated heterocycles. The Balaban J connectivity index is 1.44. The summed E-state index contributed by atoms with van der Waals surface area (Å²) in [5.41, 5.74) is 1.93. The highest BCUT2D eigenvalue weighted by molar-refractivity contribution is 5.92. The average molecular weight is 385 g/mol. The third-order valence-electron chi connectivity index (χ3n) is 6.38. The number of hydrogen-bond acceptors (Lipinski definition) is 5. The third kappa shape index (κ3) is 4.14. The van der Waals surface area contributed by atoms with E-state index in [1.54, 1.807) is 0 Å². The van der Waals surface area contributed by atoms with E-state index in [1.165, 1.54) is 32.1 Å². The highest BCUT2D eigenvalue weighted by atomic mass is 16.2. The molecule has 28 heavy (non-hydrogen) atoms. The number of aromatic nitrogens is 3. The van der Waals surface area contributed by atoms with Gasteiger partial charge in [0.2, 0.25) is 5.91 Å². The van der Waals surface area contributed by atoms with Crippen molar-refractivity contribution in [2.45, 2.75) is 64.0 Å². The second kappa shape index (κ2) is 8.47. The van der Waals surface area contributed by atoms with Gasteiger partial charge in [-0.25, -0.2) is 4.98 Å². The monoisotopic (exact) mass is 384 g/mol. The molecule has 152 valence electrons. The molecule has 2 N–H and O–H groups in total. The lowest BCUT2D eigenvalue weighted by atomic mass is 9.95. The fourth-order valence-corrected chi connectivity index (χ4v) is 4.42. The summed E-state index contributed by atoms with van der Waals surface area (Å²) >= 11 is 0. The van der Waals surface area contributed by atoms with E-state index in [0.717, 1.165) is 42.0 Å². The number of nitrogens with zero attached hydrogens (tertiary/aromatic N) is 4. The molecule has 2 fully saturated rings. The first-order valence-electron chi connectivity index (χ1n) is 10.7. The number of anilines is 1. The van der Waals surface area contributed by atoms with E-state index in [4.69, 9.17) is 0 Å². The standard InChI is InChI=1S/C21H32N6O/c1-15-14-27(13-12-26(15)2)19(28)9-8-17-20-18(25-24-17)10-11-22-21(20)23-16-6-4-3-5-7-16/h10-11,15-16H,3-9,12-14H2,1-2H3,(H,22,23)(H,24,25). The molecule has 1 atom stereocenters. The van der Waals surface area contributed by atoms with Crippen molar-refractivity contribution >= 4 is 22.6 Å². The van der Waals surface area contributed by atoms with Crippen LogP contribution in [0.2, 0.25) is 0 Å². The normalized spacial score (nSPS) is 21.9. The number of hydrogen-bond donors (Lipinski definition) is 2. The van der Waals surface area contributed by atoms with Crippen LogP contribution < -0.4 is 5.32 Å². The number of pyridine rings is 1. The zero-order valence-corrected chi connectivity index (χ0v) is 17.1. The molecule has 4 rings (SSSR count). The summed E-state index contributed by atoms with van der Waals surface area (Å²) in [5, 5.41) is 12.3. The summed E-state index contributed by atoms with van der Waals surface area (Å²) in [6, 6.07) is 2.87. The molecule has 2 aromatic heterocycles. The Morgan fingerprint density at radius 3 is 2.89 bits per heavy atom. The van der Waals surface area contributed by atoms with E-state index in [1.807, 2.05) is 17.2 Å². The lowest BCUT2D eigenvalue weighted by Gasteiger charge is -2.37.